The highest BCUT2D eigenvalue weighted by molar-refractivity contribution is 5.43. The fraction of sp³-hybridized carbons (Fsp3) is 0. The van der Waals surface area contributed by atoms with Crippen molar-refractivity contribution in [1.82, 2.24) is 0 Å². The van der Waals surface area contributed by atoms with E-state index in [1.165, 1.54) is 24.3 Å². The van der Waals surface area contributed by atoms with Gasteiger partial charge >= 0.3 is 0 Å². The number of hydrogen-bond acceptors (Lipinski definition) is 5. The van der Waals surface area contributed by atoms with E-state index in [0.29, 0.717) is 12.1 Å². The quantitative estimate of drug-likeness (QED) is 0.160. The summed E-state index contributed by atoms with van der Waals surface area (Å²) in [5, 5.41) is 4.80. The van der Waals surface area contributed by atoms with Gasteiger partial charge in [0.1, 0.15) is 34.8 Å². The van der Waals surface area contributed by atoms with Crippen LogP contribution in [0.1, 0.15) is 0 Å². The van der Waals surface area contributed by atoms with E-state index in [2.05, 4.69) is 0 Å². The lowest BCUT2D eigenvalue weighted by Crippen LogP contribution is -2.04. The zero-order valence-corrected chi connectivity index (χ0v) is 16.6. The highest BCUT2D eigenvalue weighted by atomic mass is 19.1. The average Bonchev–Trinajstić information content (AvgIpc) is 2.75. The molecule has 0 spiro atoms. The fourth-order valence-corrected chi connectivity index (χ4v) is 2.73. The van der Waals surface area contributed by atoms with Crippen LogP contribution in [0.25, 0.3) is 0 Å². The van der Waals surface area contributed by atoms with Gasteiger partial charge in [0.25, 0.3) is 0 Å². The molecule has 0 aliphatic carbocycles. The molecule has 168 valence electrons. The molecule has 0 N–H and O–H groups in total. The smallest absolute Gasteiger partial charge is 0.212 e. The van der Waals surface area contributed by atoms with Gasteiger partial charge in [0, 0.05) is 41.4 Å². The van der Waals surface area contributed by atoms with E-state index in [-0.39, 0.29) is 34.5 Å². The minimum atomic E-state index is -0.808. The molecule has 4 aromatic carbocycles. The molecule has 0 aliphatic rings. The lowest BCUT2D eigenvalue weighted by molar-refractivity contribution is -0.411. The summed E-state index contributed by atoms with van der Waals surface area (Å²) in [4.78, 5) is 10.2. The van der Waals surface area contributed by atoms with E-state index in [1.54, 1.807) is 24.3 Å². The first-order chi connectivity index (χ1) is 16.0. The third kappa shape index (κ3) is 5.92. The standard InChI is InChI=1S/C24H14F4O5/c25-15-9-16(26)12-19(11-15)29-21-5-1-3-7-23(21)31-33-32-24-8-4-2-6-22(24)30-20-13-17(27)10-18(28)14-20/h1-14H. The topological polar surface area (TPSA) is 46.2 Å². The Morgan fingerprint density at radius 2 is 0.758 bits per heavy atom. The highest BCUT2D eigenvalue weighted by Gasteiger charge is 2.12. The van der Waals surface area contributed by atoms with Crippen molar-refractivity contribution in [2.45, 2.75) is 0 Å². The minimum absolute atomic E-state index is 0.0350. The predicted octanol–water partition coefficient (Wildman–Crippen LogP) is 7.13. The molecule has 5 nitrogen and oxygen atoms in total. The van der Waals surface area contributed by atoms with E-state index in [1.807, 2.05) is 0 Å². The number of halogens is 4. The van der Waals surface area contributed by atoms with Crippen molar-refractivity contribution in [3.05, 3.63) is 108 Å². The molecule has 0 fully saturated rings. The van der Waals surface area contributed by atoms with Crippen LogP contribution in [0.15, 0.2) is 84.9 Å². The van der Waals surface area contributed by atoms with Gasteiger partial charge in [-0.05, 0) is 24.3 Å². The molecule has 0 saturated carbocycles. The summed E-state index contributed by atoms with van der Waals surface area (Å²) in [6, 6.07) is 17.8. The molecule has 4 aromatic rings. The molecule has 0 aromatic heterocycles. The zero-order valence-electron chi connectivity index (χ0n) is 16.6. The van der Waals surface area contributed by atoms with Crippen LogP contribution >= 0.6 is 0 Å². The normalized spacial score (nSPS) is 10.5. The Balaban J connectivity index is 1.44. The number of rotatable bonds is 8. The van der Waals surface area contributed by atoms with Crippen molar-refractivity contribution < 1.29 is 41.8 Å². The molecule has 0 atom stereocenters. The largest absolute Gasteiger partial charge is 0.453 e. The number of ether oxygens (including phenoxy) is 2. The van der Waals surface area contributed by atoms with Gasteiger partial charge in [0.15, 0.2) is 11.5 Å². The maximum Gasteiger partial charge on any atom is 0.212 e. The van der Waals surface area contributed by atoms with Gasteiger partial charge in [-0.1, -0.05) is 24.3 Å². The van der Waals surface area contributed by atoms with Crippen LogP contribution in [-0.2, 0) is 5.04 Å². The summed E-state index contributed by atoms with van der Waals surface area (Å²) in [6.45, 7) is 0. The first-order valence-corrected chi connectivity index (χ1v) is 9.43. The van der Waals surface area contributed by atoms with Gasteiger partial charge in [0.05, 0.1) is 0 Å². The predicted molar refractivity (Wildman–Crippen MR) is 108 cm³/mol. The van der Waals surface area contributed by atoms with Crippen LogP contribution in [0.3, 0.4) is 0 Å². The average molecular weight is 458 g/mol. The second-order valence-corrected chi connectivity index (χ2v) is 6.54. The lowest BCUT2D eigenvalue weighted by Gasteiger charge is -2.12. The van der Waals surface area contributed by atoms with Crippen LogP contribution in [0, 0.1) is 23.3 Å². The Morgan fingerprint density at radius 1 is 0.424 bits per heavy atom. The highest BCUT2D eigenvalue weighted by Crippen LogP contribution is 2.34. The van der Waals surface area contributed by atoms with Gasteiger partial charge in [-0.25, -0.2) is 17.6 Å². The van der Waals surface area contributed by atoms with Gasteiger partial charge in [-0.3, -0.25) is 9.78 Å². The summed E-state index contributed by atoms with van der Waals surface area (Å²) in [7, 11) is 0. The van der Waals surface area contributed by atoms with Crippen molar-refractivity contribution in [2.75, 3.05) is 0 Å². The van der Waals surface area contributed by atoms with Gasteiger partial charge in [-0.15, -0.1) is 0 Å². The molecule has 0 radical (unpaired) electrons. The van der Waals surface area contributed by atoms with Crippen molar-refractivity contribution >= 4 is 0 Å². The maximum absolute atomic E-state index is 13.4. The summed E-state index contributed by atoms with van der Waals surface area (Å²) in [5.41, 5.74) is 0. The molecule has 0 heterocycles. The van der Waals surface area contributed by atoms with Crippen LogP contribution < -0.4 is 19.2 Å². The molecular weight excluding hydrogens is 444 g/mol. The molecule has 0 saturated heterocycles. The monoisotopic (exact) mass is 458 g/mol. The maximum atomic E-state index is 13.4. The lowest BCUT2D eigenvalue weighted by atomic mass is 10.3. The Morgan fingerprint density at radius 3 is 1.12 bits per heavy atom. The fourth-order valence-electron chi connectivity index (χ4n) is 2.73. The minimum Gasteiger partial charge on any atom is -0.453 e. The van der Waals surface area contributed by atoms with E-state index in [4.69, 9.17) is 24.3 Å². The molecule has 0 bridgehead atoms. The molecule has 0 amide bonds. The third-order valence-electron chi connectivity index (χ3n) is 4.07. The summed E-state index contributed by atoms with van der Waals surface area (Å²) in [5.74, 6) is -3.17. The Kier molecular flexibility index (Phi) is 6.61. The second kappa shape index (κ2) is 9.92. The molecule has 33 heavy (non-hydrogen) atoms. The van der Waals surface area contributed by atoms with Crippen LogP contribution in [0.2, 0.25) is 0 Å². The van der Waals surface area contributed by atoms with E-state index in [0.717, 1.165) is 24.3 Å². The third-order valence-corrected chi connectivity index (χ3v) is 4.07. The molecule has 4 rings (SSSR count). The van der Waals surface area contributed by atoms with Crippen LogP contribution in [0.4, 0.5) is 17.6 Å². The molecule has 9 heteroatoms. The number of para-hydroxylation sites is 4. The first kappa shape index (κ1) is 22.0. The Labute approximate surface area is 185 Å². The van der Waals surface area contributed by atoms with Crippen molar-refractivity contribution in [3.63, 3.8) is 0 Å². The van der Waals surface area contributed by atoms with Gasteiger partial charge < -0.3 is 9.47 Å². The molecular formula is C24H14F4O5. The van der Waals surface area contributed by atoms with Gasteiger partial charge in [-0.2, -0.15) is 0 Å². The summed E-state index contributed by atoms with van der Waals surface area (Å²) >= 11 is 0. The van der Waals surface area contributed by atoms with Crippen molar-refractivity contribution in [3.8, 4) is 34.5 Å². The Bertz CT molecular complexity index is 1130. The molecule has 0 unspecified atom stereocenters. The first-order valence-electron chi connectivity index (χ1n) is 9.43. The van der Waals surface area contributed by atoms with Crippen LogP contribution in [0.5, 0.6) is 34.5 Å². The Hall–Kier alpha value is -4.24. The number of benzene rings is 4. The summed E-state index contributed by atoms with van der Waals surface area (Å²) < 4.78 is 64.6. The van der Waals surface area contributed by atoms with Crippen molar-refractivity contribution in [2.24, 2.45) is 0 Å². The SMILES string of the molecule is Fc1cc(F)cc(Oc2ccccc2OOOc2ccccc2Oc2cc(F)cc(F)c2)c1. The van der Waals surface area contributed by atoms with Gasteiger partial charge in [0.2, 0.25) is 11.5 Å². The molecule has 0 aliphatic heterocycles. The van der Waals surface area contributed by atoms with Crippen LogP contribution in [-0.4, -0.2) is 0 Å². The zero-order chi connectivity index (χ0) is 23.2. The van der Waals surface area contributed by atoms with Crippen molar-refractivity contribution in [1.29, 1.82) is 0 Å². The van der Waals surface area contributed by atoms with E-state index < -0.39 is 23.3 Å². The number of hydrogen-bond donors (Lipinski definition) is 0. The summed E-state index contributed by atoms with van der Waals surface area (Å²) in [6.07, 6.45) is 0. The van der Waals surface area contributed by atoms with E-state index in [9.17, 15) is 17.6 Å². The van der Waals surface area contributed by atoms with E-state index >= 15 is 0 Å². The second-order valence-electron chi connectivity index (χ2n) is 6.54.